The number of halogens is 1. The van der Waals surface area contributed by atoms with E-state index in [1.807, 2.05) is 6.92 Å². The SMILES string of the molecule is CCOc1cc(/C=C2\SC(=O)N(CC(=O)c3ccccc3)C2=O)ccc1OCc1ccccc1F. The van der Waals surface area contributed by atoms with E-state index in [1.165, 1.54) is 6.07 Å². The number of rotatable bonds is 9. The van der Waals surface area contributed by atoms with Gasteiger partial charge in [0.15, 0.2) is 17.3 Å². The molecule has 0 atom stereocenters. The summed E-state index contributed by atoms with van der Waals surface area (Å²) in [4.78, 5) is 38.9. The summed E-state index contributed by atoms with van der Waals surface area (Å²) in [5, 5.41) is -0.500. The van der Waals surface area contributed by atoms with Crippen LogP contribution in [0.5, 0.6) is 11.5 Å². The molecule has 1 heterocycles. The first kappa shape index (κ1) is 24.2. The van der Waals surface area contributed by atoms with Gasteiger partial charge in [-0.05, 0) is 48.5 Å². The van der Waals surface area contributed by atoms with Crippen LogP contribution in [0.4, 0.5) is 9.18 Å². The largest absolute Gasteiger partial charge is 0.490 e. The smallest absolute Gasteiger partial charge is 0.293 e. The molecule has 0 bridgehead atoms. The van der Waals surface area contributed by atoms with E-state index in [2.05, 4.69) is 0 Å². The summed E-state index contributed by atoms with van der Waals surface area (Å²) in [5.41, 5.74) is 1.46. The van der Waals surface area contributed by atoms with E-state index in [0.29, 0.717) is 34.8 Å². The Labute approximate surface area is 206 Å². The molecule has 8 heteroatoms. The molecule has 6 nitrogen and oxygen atoms in total. The zero-order valence-corrected chi connectivity index (χ0v) is 19.7. The fraction of sp³-hybridized carbons (Fsp3) is 0.148. The molecule has 0 aliphatic carbocycles. The van der Waals surface area contributed by atoms with Gasteiger partial charge < -0.3 is 9.47 Å². The van der Waals surface area contributed by atoms with Gasteiger partial charge in [0.1, 0.15) is 12.4 Å². The first-order chi connectivity index (χ1) is 17.0. The maximum atomic E-state index is 13.9. The Balaban J connectivity index is 1.49. The van der Waals surface area contributed by atoms with Crippen LogP contribution in [-0.4, -0.2) is 35.0 Å². The number of hydrogen-bond donors (Lipinski definition) is 0. The number of Topliss-reactive ketones (excluding diaryl/α,β-unsaturated/α-hetero) is 1. The Hall–Kier alpha value is -3.91. The summed E-state index contributed by atoms with van der Waals surface area (Å²) in [5.74, 6) is -0.348. The molecule has 3 aromatic carbocycles. The highest BCUT2D eigenvalue weighted by Crippen LogP contribution is 2.35. The van der Waals surface area contributed by atoms with Gasteiger partial charge in [0.05, 0.1) is 18.1 Å². The number of amides is 2. The van der Waals surface area contributed by atoms with Crippen LogP contribution in [0.3, 0.4) is 0 Å². The van der Waals surface area contributed by atoms with Crippen LogP contribution >= 0.6 is 11.8 Å². The quantitative estimate of drug-likeness (QED) is 0.282. The number of carbonyl (C=O) groups excluding carboxylic acids is 3. The fourth-order valence-corrected chi connectivity index (χ4v) is 4.26. The standard InChI is InChI=1S/C27H22FNO5S/c1-2-33-24-14-18(12-13-23(24)34-17-20-10-6-7-11-21(20)28)15-25-26(31)29(27(32)35-25)16-22(30)19-8-4-3-5-9-19/h3-15H,2,16-17H2,1H3/b25-15-. The summed E-state index contributed by atoms with van der Waals surface area (Å²) in [7, 11) is 0. The molecule has 4 rings (SSSR count). The Morgan fingerprint density at radius 2 is 1.71 bits per heavy atom. The van der Waals surface area contributed by atoms with Crippen molar-refractivity contribution < 1.29 is 28.2 Å². The number of ketones is 1. The van der Waals surface area contributed by atoms with Crippen LogP contribution < -0.4 is 9.47 Å². The minimum Gasteiger partial charge on any atom is -0.490 e. The molecule has 0 N–H and O–H groups in total. The Bertz CT molecular complexity index is 1290. The second-order valence-corrected chi connectivity index (χ2v) is 8.57. The lowest BCUT2D eigenvalue weighted by atomic mass is 10.1. The second-order valence-electron chi connectivity index (χ2n) is 7.58. The minimum absolute atomic E-state index is 0.0282. The molecular weight excluding hydrogens is 469 g/mol. The van der Waals surface area contributed by atoms with E-state index in [0.717, 1.165) is 16.7 Å². The van der Waals surface area contributed by atoms with Crippen LogP contribution in [0.25, 0.3) is 6.08 Å². The maximum absolute atomic E-state index is 13.9. The van der Waals surface area contributed by atoms with E-state index in [-0.39, 0.29) is 29.7 Å². The van der Waals surface area contributed by atoms with E-state index in [9.17, 15) is 18.8 Å². The molecule has 0 aromatic heterocycles. The zero-order chi connectivity index (χ0) is 24.8. The number of imide groups is 1. The number of ether oxygens (including phenoxy) is 2. The van der Waals surface area contributed by atoms with Crippen molar-refractivity contribution in [2.45, 2.75) is 13.5 Å². The first-order valence-corrected chi connectivity index (χ1v) is 11.7. The van der Waals surface area contributed by atoms with Gasteiger partial charge in [-0.1, -0.05) is 54.6 Å². The molecule has 0 saturated carbocycles. The van der Waals surface area contributed by atoms with Crippen LogP contribution in [-0.2, 0) is 11.4 Å². The number of benzene rings is 3. The lowest BCUT2D eigenvalue weighted by Gasteiger charge is -2.13. The van der Waals surface area contributed by atoms with Gasteiger partial charge in [-0.25, -0.2) is 4.39 Å². The van der Waals surface area contributed by atoms with Crippen molar-refractivity contribution in [3.05, 3.63) is 100 Å². The third kappa shape index (κ3) is 5.78. The summed E-state index contributed by atoms with van der Waals surface area (Å²) in [6.45, 7) is 1.90. The third-order valence-corrected chi connectivity index (χ3v) is 6.08. The second kappa shape index (κ2) is 11.0. The molecule has 1 fully saturated rings. The Morgan fingerprint density at radius 1 is 0.971 bits per heavy atom. The Kier molecular flexibility index (Phi) is 7.62. The van der Waals surface area contributed by atoms with Crippen molar-refractivity contribution in [3.8, 4) is 11.5 Å². The van der Waals surface area contributed by atoms with Crippen molar-refractivity contribution in [2.24, 2.45) is 0 Å². The molecular formula is C27H22FNO5S. The highest BCUT2D eigenvalue weighted by molar-refractivity contribution is 8.18. The summed E-state index contributed by atoms with van der Waals surface area (Å²) < 4.78 is 25.3. The number of nitrogens with zero attached hydrogens (tertiary/aromatic N) is 1. The monoisotopic (exact) mass is 491 g/mol. The summed E-state index contributed by atoms with van der Waals surface area (Å²) >= 11 is 0.779. The summed E-state index contributed by atoms with van der Waals surface area (Å²) in [6, 6.07) is 19.9. The van der Waals surface area contributed by atoms with E-state index >= 15 is 0 Å². The van der Waals surface area contributed by atoms with Crippen LogP contribution in [0.15, 0.2) is 77.7 Å². The highest BCUT2D eigenvalue weighted by atomic mass is 32.2. The van der Waals surface area contributed by atoms with Crippen LogP contribution in [0, 0.1) is 5.82 Å². The van der Waals surface area contributed by atoms with Crippen molar-refractivity contribution in [1.29, 1.82) is 0 Å². The fourth-order valence-electron chi connectivity index (χ4n) is 3.42. The summed E-state index contributed by atoms with van der Waals surface area (Å²) in [6.07, 6.45) is 1.57. The van der Waals surface area contributed by atoms with Gasteiger partial charge in [0, 0.05) is 11.1 Å². The van der Waals surface area contributed by atoms with Gasteiger partial charge in [-0.15, -0.1) is 0 Å². The van der Waals surface area contributed by atoms with Gasteiger partial charge in [0.2, 0.25) is 0 Å². The van der Waals surface area contributed by atoms with Crippen molar-refractivity contribution in [1.82, 2.24) is 4.90 Å². The van der Waals surface area contributed by atoms with E-state index < -0.39 is 11.1 Å². The van der Waals surface area contributed by atoms with Crippen LogP contribution in [0.2, 0.25) is 0 Å². The lowest BCUT2D eigenvalue weighted by Crippen LogP contribution is -2.33. The first-order valence-electron chi connectivity index (χ1n) is 10.9. The van der Waals surface area contributed by atoms with Gasteiger partial charge in [-0.3, -0.25) is 19.3 Å². The zero-order valence-electron chi connectivity index (χ0n) is 18.9. The maximum Gasteiger partial charge on any atom is 0.293 e. The molecule has 1 aliphatic rings. The minimum atomic E-state index is -0.526. The molecule has 35 heavy (non-hydrogen) atoms. The molecule has 0 spiro atoms. The topological polar surface area (TPSA) is 72.9 Å². The third-order valence-electron chi connectivity index (χ3n) is 5.18. The van der Waals surface area contributed by atoms with Gasteiger partial charge >= 0.3 is 0 Å². The number of hydrogen-bond acceptors (Lipinski definition) is 6. The highest BCUT2D eigenvalue weighted by Gasteiger charge is 2.36. The van der Waals surface area contributed by atoms with Crippen molar-refractivity contribution in [3.63, 3.8) is 0 Å². The van der Waals surface area contributed by atoms with E-state index in [4.69, 9.17) is 9.47 Å². The number of carbonyl (C=O) groups is 3. The predicted octanol–water partition coefficient (Wildman–Crippen LogP) is 5.72. The molecule has 178 valence electrons. The lowest BCUT2D eigenvalue weighted by molar-refractivity contribution is -0.122. The predicted molar refractivity (Wildman–Crippen MR) is 132 cm³/mol. The normalized spacial score (nSPS) is 14.5. The van der Waals surface area contributed by atoms with Crippen LogP contribution in [0.1, 0.15) is 28.4 Å². The molecule has 1 saturated heterocycles. The molecule has 0 unspecified atom stereocenters. The average molecular weight is 492 g/mol. The average Bonchev–Trinajstić information content (AvgIpc) is 3.12. The Morgan fingerprint density at radius 3 is 2.46 bits per heavy atom. The van der Waals surface area contributed by atoms with Crippen molar-refractivity contribution >= 4 is 34.8 Å². The molecule has 0 radical (unpaired) electrons. The number of thioether (sulfide) groups is 1. The molecule has 1 aliphatic heterocycles. The van der Waals surface area contributed by atoms with Crippen molar-refractivity contribution in [2.75, 3.05) is 13.2 Å². The molecule has 2 amide bonds. The van der Waals surface area contributed by atoms with Gasteiger partial charge in [0.25, 0.3) is 11.1 Å². The molecule has 3 aromatic rings. The van der Waals surface area contributed by atoms with Gasteiger partial charge in [-0.2, -0.15) is 0 Å². The van der Waals surface area contributed by atoms with E-state index in [1.54, 1.807) is 72.8 Å².